The SMILES string of the molecule is Cc1ccc(S(=O)(=O)Nc2ccc(C(=O)Nc3nnc(-c4ccccc4Cl)o3)cc2)cc1. The van der Waals surface area contributed by atoms with Gasteiger partial charge in [-0.15, -0.1) is 5.10 Å². The highest BCUT2D eigenvalue weighted by Gasteiger charge is 2.16. The van der Waals surface area contributed by atoms with E-state index in [1.807, 2.05) is 6.92 Å². The Bertz CT molecular complexity index is 1370. The number of benzene rings is 3. The maximum absolute atomic E-state index is 12.5. The van der Waals surface area contributed by atoms with E-state index in [2.05, 4.69) is 20.2 Å². The summed E-state index contributed by atoms with van der Waals surface area (Å²) >= 11 is 6.11. The highest BCUT2D eigenvalue weighted by Crippen LogP contribution is 2.27. The van der Waals surface area contributed by atoms with Crippen LogP contribution in [-0.4, -0.2) is 24.5 Å². The molecule has 32 heavy (non-hydrogen) atoms. The van der Waals surface area contributed by atoms with Crippen molar-refractivity contribution in [3.8, 4) is 11.5 Å². The molecule has 0 fully saturated rings. The average Bonchev–Trinajstić information content (AvgIpc) is 3.22. The number of rotatable bonds is 6. The van der Waals surface area contributed by atoms with Crippen LogP contribution in [0, 0.1) is 6.92 Å². The Kier molecular flexibility index (Phi) is 5.93. The molecule has 0 saturated heterocycles. The average molecular weight is 469 g/mol. The fourth-order valence-electron chi connectivity index (χ4n) is 2.81. The second-order valence-corrected chi connectivity index (χ2v) is 8.93. The number of anilines is 2. The van der Waals surface area contributed by atoms with Crippen molar-refractivity contribution < 1.29 is 17.6 Å². The number of nitrogens with zero attached hydrogens (tertiary/aromatic N) is 2. The molecule has 3 aromatic carbocycles. The monoisotopic (exact) mass is 468 g/mol. The van der Waals surface area contributed by atoms with Gasteiger partial charge in [-0.25, -0.2) is 8.42 Å². The summed E-state index contributed by atoms with van der Waals surface area (Å²) in [5.41, 5.74) is 2.11. The first-order chi connectivity index (χ1) is 15.3. The molecule has 4 rings (SSSR count). The molecule has 1 aromatic heterocycles. The van der Waals surface area contributed by atoms with Gasteiger partial charge in [-0.3, -0.25) is 14.8 Å². The van der Waals surface area contributed by atoms with Gasteiger partial charge in [0.25, 0.3) is 21.8 Å². The molecule has 10 heteroatoms. The zero-order chi connectivity index (χ0) is 22.7. The van der Waals surface area contributed by atoms with Crippen LogP contribution < -0.4 is 10.0 Å². The molecule has 0 saturated carbocycles. The van der Waals surface area contributed by atoms with Crippen LogP contribution >= 0.6 is 11.6 Å². The molecule has 0 unspecified atom stereocenters. The maximum Gasteiger partial charge on any atom is 0.322 e. The molecule has 0 aliphatic rings. The zero-order valence-corrected chi connectivity index (χ0v) is 18.3. The number of nitrogens with one attached hydrogen (secondary N) is 2. The fraction of sp³-hybridized carbons (Fsp3) is 0.0455. The molecule has 0 aliphatic heterocycles. The van der Waals surface area contributed by atoms with Crippen molar-refractivity contribution in [2.24, 2.45) is 0 Å². The third-order valence-electron chi connectivity index (χ3n) is 4.48. The molecular formula is C22H17ClN4O4S. The van der Waals surface area contributed by atoms with E-state index in [4.69, 9.17) is 16.0 Å². The third kappa shape index (κ3) is 4.79. The lowest BCUT2D eigenvalue weighted by atomic mass is 10.2. The summed E-state index contributed by atoms with van der Waals surface area (Å²) < 4.78 is 32.9. The molecule has 0 bridgehead atoms. The highest BCUT2D eigenvalue weighted by molar-refractivity contribution is 7.92. The van der Waals surface area contributed by atoms with Crippen molar-refractivity contribution in [2.75, 3.05) is 10.0 Å². The van der Waals surface area contributed by atoms with Gasteiger partial charge in [-0.05, 0) is 55.5 Å². The lowest BCUT2D eigenvalue weighted by Gasteiger charge is -2.09. The Morgan fingerprint density at radius 1 is 0.938 bits per heavy atom. The molecule has 8 nitrogen and oxygen atoms in total. The lowest BCUT2D eigenvalue weighted by Crippen LogP contribution is -2.14. The topological polar surface area (TPSA) is 114 Å². The van der Waals surface area contributed by atoms with Crippen LogP contribution in [0.25, 0.3) is 11.5 Å². The molecule has 2 N–H and O–H groups in total. The summed E-state index contributed by atoms with van der Waals surface area (Å²) in [7, 11) is -3.73. The number of aromatic nitrogens is 2. The largest absolute Gasteiger partial charge is 0.403 e. The Labute approximate surface area is 189 Å². The minimum Gasteiger partial charge on any atom is -0.403 e. The number of hydrogen-bond donors (Lipinski definition) is 2. The van der Waals surface area contributed by atoms with Gasteiger partial charge < -0.3 is 4.42 Å². The Balaban J connectivity index is 1.44. The normalized spacial score (nSPS) is 11.2. The fourth-order valence-corrected chi connectivity index (χ4v) is 4.08. The number of carbonyl (C=O) groups excluding carboxylic acids is 1. The van der Waals surface area contributed by atoms with Gasteiger partial charge in [0.05, 0.1) is 15.5 Å². The molecule has 0 spiro atoms. The predicted octanol–water partition coefficient (Wildman–Crippen LogP) is 4.75. The van der Waals surface area contributed by atoms with Crippen LogP contribution in [0.3, 0.4) is 0 Å². The number of hydrogen-bond acceptors (Lipinski definition) is 6. The first-order valence-corrected chi connectivity index (χ1v) is 11.3. The Morgan fingerprint density at radius 2 is 1.62 bits per heavy atom. The molecule has 1 amide bonds. The summed E-state index contributed by atoms with van der Waals surface area (Å²) in [4.78, 5) is 12.6. The number of sulfonamides is 1. The zero-order valence-electron chi connectivity index (χ0n) is 16.7. The summed E-state index contributed by atoms with van der Waals surface area (Å²) in [5, 5.41) is 10.6. The van der Waals surface area contributed by atoms with Gasteiger partial charge in [0.15, 0.2) is 0 Å². The van der Waals surface area contributed by atoms with E-state index in [9.17, 15) is 13.2 Å². The standard InChI is InChI=1S/C22H17ClN4O4S/c1-14-6-12-17(13-7-14)32(29,30)27-16-10-8-15(9-11-16)20(28)24-22-26-25-21(31-22)18-4-2-3-5-19(18)23/h2-13,27H,1H3,(H,24,26,28). The lowest BCUT2D eigenvalue weighted by molar-refractivity contribution is 0.102. The molecular weight excluding hydrogens is 452 g/mol. The van der Waals surface area contributed by atoms with E-state index in [0.717, 1.165) is 5.56 Å². The number of carbonyl (C=O) groups is 1. The van der Waals surface area contributed by atoms with Crippen molar-refractivity contribution in [2.45, 2.75) is 11.8 Å². The smallest absolute Gasteiger partial charge is 0.322 e. The van der Waals surface area contributed by atoms with Gasteiger partial charge in [-0.2, -0.15) is 0 Å². The second-order valence-electron chi connectivity index (χ2n) is 6.84. The minimum absolute atomic E-state index is 0.0888. The summed E-state index contributed by atoms with van der Waals surface area (Å²) in [6.45, 7) is 1.87. The van der Waals surface area contributed by atoms with Gasteiger partial charge in [0.1, 0.15) is 0 Å². The highest BCUT2D eigenvalue weighted by atomic mass is 35.5. The first kappa shape index (κ1) is 21.5. The predicted molar refractivity (Wildman–Crippen MR) is 121 cm³/mol. The Morgan fingerprint density at radius 3 is 2.31 bits per heavy atom. The third-order valence-corrected chi connectivity index (χ3v) is 6.21. The maximum atomic E-state index is 12.5. The van der Waals surface area contributed by atoms with E-state index in [0.29, 0.717) is 16.3 Å². The van der Waals surface area contributed by atoms with Gasteiger partial charge in [-0.1, -0.05) is 46.5 Å². The minimum atomic E-state index is -3.73. The molecule has 0 aliphatic carbocycles. The van der Waals surface area contributed by atoms with Crippen LogP contribution in [0.15, 0.2) is 82.1 Å². The quantitative estimate of drug-likeness (QED) is 0.422. The Hall–Kier alpha value is -3.69. The van der Waals surface area contributed by atoms with E-state index in [1.54, 1.807) is 36.4 Å². The number of amides is 1. The molecule has 1 heterocycles. The van der Waals surface area contributed by atoms with Crippen molar-refractivity contribution >= 4 is 39.2 Å². The molecule has 0 atom stereocenters. The van der Waals surface area contributed by atoms with Crippen molar-refractivity contribution in [3.63, 3.8) is 0 Å². The van der Waals surface area contributed by atoms with Crippen molar-refractivity contribution in [3.05, 3.63) is 88.9 Å². The van der Waals surface area contributed by atoms with E-state index in [1.165, 1.54) is 36.4 Å². The molecule has 162 valence electrons. The first-order valence-electron chi connectivity index (χ1n) is 9.41. The van der Waals surface area contributed by atoms with Crippen LogP contribution in [0.1, 0.15) is 15.9 Å². The molecule has 4 aromatic rings. The van der Waals surface area contributed by atoms with E-state index >= 15 is 0 Å². The van der Waals surface area contributed by atoms with Gasteiger partial charge in [0, 0.05) is 11.3 Å². The summed E-state index contributed by atoms with van der Waals surface area (Å²) in [6, 6.07) is 19.3. The van der Waals surface area contributed by atoms with Gasteiger partial charge >= 0.3 is 6.01 Å². The van der Waals surface area contributed by atoms with Crippen LogP contribution in [0.5, 0.6) is 0 Å². The van der Waals surface area contributed by atoms with Crippen molar-refractivity contribution in [1.29, 1.82) is 0 Å². The van der Waals surface area contributed by atoms with E-state index in [-0.39, 0.29) is 22.4 Å². The van der Waals surface area contributed by atoms with Crippen LogP contribution in [0.4, 0.5) is 11.7 Å². The van der Waals surface area contributed by atoms with E-state index < -0.39 is 15.9 Å². The molecule has 0 radical (unpaired) electrons. The number of halogens is 1. The van der Waals surface area contributed by atoms with Crippen LogP contribution in [-0.2, 0) is 10.0 Å². The van der Waals surface area contributed by atoms with Gasteiger partial charge in [0.2, 0.25) is 0 Å². The van der Waals surface area contributed by atoms with Crippen LogP contribution in [0.2, 0.25) is 5.02 Å². The number of aryl methyl sites for hydroxylation is 1. The second kappa shape index (κ2) is 8.81. The van der Waals surface area contributed by atoms with Crippen molar-refractivity contribution in [1.82, 2.24) is 10.2 Å². The summed E-state index contributed by atoms with van der Waals surface area (Å²) in [6.07, 6.45) is 0. The summed E-state index contributed by atoms with van der Waals surface area (Å²) in [5.74, 6) is -0.320.